The van der Waals surface area contributed by atoms with Gasteiger partial charge in [-0.1, -0.05) is 12.1 Å². The molecule has 2 unspecified atom stereocenters. The lowest BCUT2D eigenvalue weighted by Gasteiger charge is -2.15. The summed E-state index contributed by atoms with van der Waals surface area (Å²) in [6.07, 6.45) is 1.02. The average molecular weight is 313 g/mol. The minimum atomic E-state index is -3.43. The van der Waals surface area contributed by atoms with Crippen molar-refractivity contribution in [2.45, 2.75) is 43.7 Å². The maximum absolute atomic E-state index is 11.7. The van der Waals surface area contributed by atoms with Gasteiger partial charge >= 0.3 is 0 Å². The summed E-state index contributed by atoms with van der Waals surface area (Å²) >= 11 is 0. The van der Waals surface area contributed by atoms with Crippen LogP contribution in [0.4, 0.5) is 0 Å². The van der Waals surface area contributed by atoms with E-state index in [-0.39, 0.29) is 22.9 Å². The van der Waals surface area contributed by atoms with Crippen molar-refractivity contribution in [3.63, 3.8) is 0 Å². The van der Waals surface area contributed by atoms with E-state index in [9.17, 15) is 13.2 Å². The molecule has 118 valence electrons. The number of sulfonamides is 1. The van der Waals surface area contributed by atoms with Crippen LogP contribution in [0.3, 0.4) is 0 Å². The Morgan fingerprint density at radius 3 is 2.29 bits per heavy atom. The molecule has 4 N–H and O–H groups in total. The van der Waals surface area contributed by atoms with Crippen LogP contribution in [-0.2, 0) is 14.8 Å². The Morgan fingerprint density at radius 1 is 1.24 bits per heavy atom. The van der Waals surface area contributed by atoms with Crippen LogP contribution in [0.1, 0.15) is 38.3 Å². The smallest absolute Gasteiger partial charge is 0.240 e. The number of hydrogen-bond acceptors (Lipinski definition) is 4. The molecule has 0 saturated heterocycles. The predicted molar refractivity (Wildman–Crippen MR) is 82.1 cm³/mol. The summed E-state index contributed by atoms with van der Waals surface area (Å²) in [5.41, 5.74) is 6.46. The zero-order valence-electron chi connectivity index (χ0n) is 12.6. The van der Waals surface area contributed by atoms with Crippen molar-refractivity contribution in [2.75, 3.05) is 7.05 Å². The summed E-state index contributed by atoms with van der Waals surface area (Å²) in [6.45, 7) is 3.71. The molecule has 1 aromatic carbocycles. The fourth-order valence-corrected chi connectivity index (χ4v) is 2.54. The highest BCUT2D eigenvalue weighted by Crippen LogP contribution is 2.16. The summed E-state index contributed by atoms with van der Waals surface area (Å²) in [6, 6.07) is 6.24. The van der Waals surface area contributed by atoms with E-state index >= 15 is 0 Å². The zero-order valence-corrected chi connectivity index (χ0v) is 13.4. The van der Waals surface area contributed by atoms with Crippen LogP contribution < -0.4 is 15.8 Å². The number of hydrogen-bond donors (Lipinski definition) is 3. The number of nitrogens with one attached hydrogen (secondary N) is 2. The molecule has 0 aliphatic carbocycles. The Balaban J connectivity index is 2.67. The van der Waals surface area contributed by atoms with Crippen LogP contribution in [0.2, 0.25) is 0 Å². The summed E-state index contributed by atoms with van der Waals surface area (Å²) in [7, 11) is -2.07. The molecule has 0 fully saturated rings. The largest absolute Gasteiger partial charge is 0.350 e. The van der Waals surface area contributed by atoms with Crippen molar-refractivity contribution < 1.29 is 13.2 Å². The molecule has 0 spiro atoms. The standard InChI is InChI=1S/C14H23N3O3S/c1-10(15)4-9-14(18)17-11(2)12-5-7-13(8-6-12)21(19,20)16-3/h5-8,10-11,16H,4,9,15H2,1-3H3,(H,17,18). The fourth-order valence-electron chi connectivity index (χ4n) is 1.81. The molecule has 0 aromatic heterocycles. The Morgan fingerprint density at radius 2 is 1.81 bits per heavy atom. The Labute approximate surface area is 126 Å². The molecule has 1 amide bonds. The summed E-state index contributed by atoms with van der Waals surface area (Å²) < 4.78 is 25.5. The molecule has 0 radical (unpaired) electrons. The monoisotopic (exact) mass is 313 g/mol. The second-order valence-corrected chi connectivity index (χ2v) is 6.97. The first-order valence-corrected chi connectivity index (χ1v) is 8.33. The van der Waals surface area contributed by atoms with Gasteiger partial charge in [0.1, 0.15) is 0 Å². The van der Waals surface area contributed by atoms with Gasteiger partial charge in [-0.05, 0) is 45.0 Å². The first-order chi connectivity index (χ1) is 9.76. The lowest BCUT2D eigenvalue weighted by Crippen LogP contribution is -2.28. The lowest BCUT2D eigenvalue weighted by atomic mass is 10.1. The summed E-state index contributed by atoms with van der Waals surface area (Å²) in [4.78, 5) is 11.9. The SMILES string of the molecule is CNS(=O)(=O)c1ccc(C(C)NC(=O)CCC(C)N)cc1. The third kappa shape index (κ3) is 5.45. The molecule has 0 aliphatic heterocycles. The molecule has 0 saturated carbocycles. The van der Waals surface area contributed by atoms with E-state index in [1.54, 1.807) is 12.1 Å². The first kappa shape index (κ1) is 17.6. The molecule has 0 bridgehead atoms. The van der Waals surface area contributed by atoms with Gasteiger partial charge in [-0.3, -0.25) is 4.79 Å². The van der Waals surface area contributed by atoms with Gasteiger partial charge in [-0.25, -0.2) is 13.1 Å². The number of rotatable bonds is 7. The summed E-state index contributed by atoms with van der Waals surface area (Å²) in [5, 5.41) is 2.86. The van der Waals surface area contributed by atoms with Crippen molar-refractivity contribution in [1.29, 1.82) is 0 Å². The molecule has 0 aliphatic rings. The average Bonchev–Trinajstić information content (AvgIpc) is 2.45. The van der Waals surface area contributed by atoms with Crippen molar-refractivity contribution >= 4 is 15.9 Å². The third-order valence-electron chi connectivity index (χ3n) is 3.16. The van der Waals surface area contributed by atoms with Crippen LogP contribution in [0, 0.1) is 0 Å². The van der Waals surface area contributed by atoms with E-state index in [1.807, 2.05) is 13.8 Å². The zero-order chi connectivity index (χ0) is 16.0. The third-order valence-corrected chi connectivity index (χ3v) is 4.59. The van der Waals surface area contributed by atoms with Crippen molar-refractivity contribution in [1.82, 2.24) is 10.0 Å². The molecule has 7 heteroatoms. The highest BCUT2D eigenvalue weighted by Gasteiger charge is 2.13. The first-order valence-electron chi connectivity index (χ1n) is 6.84. The highest BCUT2D eigenvalue weighted by atomic mass is 32.2. The van der Waals surface area contributed by atoms with Gasteiger partial charge in [0.15, 0.2) is 0 Å². The number of nitrogens with two attached hydrogens (primary N) is 1. The highest BCUT2D eigenvalue weighted by molar-refractivity contribution is 7.89. The van der Waals surface area contributed by atoms with Gasteiger partial charge in [0.2, 0.25) is 15.9 Å². The van der Waals surface area contributed by atoms with Gasteiger partial charge in [-0.15, -0.1) is 0 Å². The Bertz CT molecular complexity index is 568. The van der Waals surface area contributed by atoms with Gasteiger partial charge < -0.3 is 11.1 Å². The van der Waals surface area contributed by atoms with Crippen molar-refractivity contribution in [3.05, 3.63) is 29.8 Å². The van der Waals surface area contributed by atoms with Crippen LogP contribution in [0.15, 0.2) is 29.2 Å². The minimum Gasteiger partial charge on any atom is -0.350 e. The topological polar surface area (TPSA) is 101 Å². The van der Waals surface area contributed by atoms with E-state index in [0.717, 1.165) is 5.56 Å². The quantitative estimate of drug-likeness (QED) is 0.696. The van der Waals surface area contributed by atoms with Crippen LogP contribution in [0.25, 0.3) is 0 Å². The number of carbonyl (C=O) groups is 1. The van der Waals surface area contributed by atoms with Crippen molar-refractivity contribution in [2.24, 2.45) is 5.73 Å². The second-order valence-electron chi connectivity index (χ2n) is 5.08. The van der Waals surface area contributed by atoms with E-state index < -0.39 is 10.0 Å². The lowest BCUT2D eigenvalue weighted by molar-refractivity contribution is -0.121. The second kappa shape index (κ2) is 7.53. The molecule has 21 heavy (non-hydrogen) atoms. The van der Waals surface area contributed by atoms with E-state index in [1.165, 1.54) is 19.2 Å². The van der Waals surface area contributed by atoms with Crippen LogP contribution in [0.5, 0.6) is 0 Å². The number of amides is 1. The van der Waals surface area contributed by atoms with Crippen LogP contribution >= 0.6 is 0 Å². The normalized spacial score (nSPS) is 14.5. The minimum absolute atomic E-state index is 0.00269. The van der Waals surface area contributed by atoms with Gasteiger partial charge in [0.25, 0.3) is 0 Å². The summed E-state index contributed by atoms with van der Waals surface area (Å²) in [5.74, 6) is -0.0632. The molecule has 1 rings (SSSR count). The Hall–Kier alpha value is -1.44. The predicted octanol–water partition coefficient (Wildman–Crippen LogP) is 0.899. The molecule has 0 heterocycles. The van der Waals surface area contributed by atoms with E-state index in [0.29, 0.717) is 12.8 Å². The molecular weight excluding hydrogens is 290 g/mol. The van der Waals surface area contributed by atoms with Crippen LogP contribution in [-0.4, -0.2) is 27.4 Å². The molecule has 2 atom stereocenters. The van der Waals surface area contributed by atoms with Gasteiger partial charge in [0, 0.05) is 12.5 Å². The number of carbonyl (C=O) groups excluding carboxylic acids is 1. The Kier molecular flexibility index (Phi) is 6.32. The molecule has 1 aromatic rings. The van der Waals surface area contributed by atoms with Gasteiger partial charge in [-0.2, -0.15) is 0 Å². The van der Waals surface area contributed by atoms with Crippen molar-refractivity contribution in [3.8, 4) is 0 Å². The van der Waals surface area contributed by atoms with Gasteiger partial charge in [0.05, 0.1) is 10.9 Å². The molecular formula is C14H23N3O3S. The molecule has 6 nitrogen and oxygen atoms in total. The fraction of sp³-hybridized carbons (Fsp3) is 0.500. The number of benzene rings is 1. The van der Waals surface area contributed by atoms with E-state index in [4.69, 9.17) is 5.73 Å². The maximum atomic E-state index is 11.7. The maximum Gasteiger partial charge on any atom is 0.240 e. The van der Waals surface area contributed by atoms with E-state index in [2.05, 4.69) is 10.0 Å².